The van der Waals surface area contributed by atoms with Crippen molar-refractivity contribution >= 4 is 17.5 Å². The molecule has 1 aromatic rings. The molecular weight excluding hydrogens is 235 g/mol. The Bertz CT molecular complexity index is 435. The number of para-hydroxylation sites is 1. The zero-order chi connectivity index (χ0) is 13.5. The summed E-state index contributed by atoms with van der Waals surface area (Å²) in [6.45, 7) is 3.61. The van der Waals surface area contributed by atoms with Gasteiger partial charge < -0.3 is 10.2 Å². The molecule has 0 fully saturated rings. The summed E-state index contributed by atoms with van der Waals surface area (Å²) in [5, 5.41) is 2.65. The van der Waals surface area contributed by atoms with E-state index in [9.17, 15) is 14.0 Å². The van der Waals surface area contributed by atoms with Gasteiger partial charge in [-0.05, 0) is 18.6 Å². The summed E-state index contributed by atoms with van der Waals surface area (Å²) in [4.78, 5) is 24.2. The Morgan fingerprint density at radius 3 is 2.56 bits per heavy atom. The average molecular weight is 252 g/mol. The van der Waals surface area contributed by atoms with Gasteiger partial charge in [0.2, 0.25) is 11.8 Å². The van der Waals surface area contributed by atoms with E-state index >= 15 is 0 Å². The molecule has 1 aromatic carbocycles. The molecule has 0 bridgehead atoms. The summed E-state index contributed by atoms with van der Waals surface area (Å²) in [5.74, 6) is -1.18. The highest BCUT2D eigenvalue weighted by molar-refractivity contribution is 5.97. The van der Waals surface area contributed by atoms with E-state index in [1.54, 1.807) is 6.07 Å². The number of anilines is 1. The van der Waals surface area contributed by atoms with Gasteiger partial charge in [0.25, 0.3) is 0 Å². The minimum Gasteiger partial charge on any atom is -0.355 e. The Labute approximate surface area is 106 Å². The summed E-state index contributed by atoms with van der Waals surface area (Å²) in [6.07, 6.45) is 0.811. The molecule has 1 rings (SSSR count). The van der Waals surface area contributed by atoms with E-state index in [2.05, 4.69) is 5.32 Å². The van der Waals surface area contributed by atoms with Crippen molar-refractivity contribution in [2.24, 2.45) is 0 Å². The van der Waals surface area contributed by atoms with Crippen LogP contribution in [0.4, 0.5) is 10.1 Å². The van der Waals surface area contributed by atoms with Gasteiger partial charge in [-0.3, -0.25) is 9.59 Å². The monoisotopic (exact) mass is 252 g/mol. The second kappa shape index (κ2) is 6.74. The highest BCUT2D eigenvalue weighted by Gasteiger charge is 2.18. The molecule has 0 unspecified atom stereocenters. The number of nitrogens with one attached hydrogen (secondary N) is 1. The van der Waals surface area contributed by atoms with Gasteiger partial charge in [-0.25, -0.2) is 4.39 Å². The van der Waals surface area contributed by atoms with Crippen LogP contribution in [0.1, 0.15) is 20.3 Å². The van der Waals surface area contributed by atoms with Gasteiger partial charge in [-0.1, -0.05) is 19.1 Å². The van der Waals surface area contributed by atoms with Gasteiger partial charge in [-0.2, -0.15) is 0 Å². The van der Waals surface area contributed by atoms with E-state index in [0.717, 1.165) is 11.3 Å². The zero-order valence-corrected chi connectivity index (χ0v) is 10.6. The highest BCUT2D eigenvalue weighted by atomic mass is 19.1. The van der Waals surface area contributed by atoms with Gasteiger partial charge in [0, 0.05) is 13.5 Å². The Kier molecular flexibility index (Phi) is 5.30. The highest BCUT2D eigenvalue weighted by Crippen LogP contribution is 2.18. The Morgan fingerprint density at radius 2 is 2.00 bits per heavy atom. The third kappa shape index (κ3) is 3.84. The second-order valence-corrected chi connectivity index (χ2v) is 3.91. The number of rotatable bonds is 5. The van der Waals surface area contributed by atoms with Crippen molar-refractivity contribution in [2.75, 3.05) is 18.0 Å². The number of carbonyl (C=O) groups excluding carboxylic acids is 2. The molecule has 1 N–H and O–H groups in total. The van der Waals surface area contributed by atoms with Crippen LogP contribution in [0.5, 0.6) is 0 Å². The van der Waals surface area contributed by atoms with Crippen molar-refractivity contribution < 1.29 is 14.0 Å². The molecule has 0 saturated heterocycles. The number of nitrogens with zero attached hydrogens (tertiary/aromatic N) is 1. The van der Waals surface area contributed by atoms with Crippen LogP contribution in [-0.2, 0) is 9.59 Å². The van der Waals surface area contributed by atoms with Crippen LogP contribution in [0.2, 0.25) is 0 Å². The van der Waals surface area contributed by atoms with Gasteiger partial charge >= 0.3 is 0 Å². The third-order valence-electron chi connectivity index (χ3n) is 2.40. The fourth-order valence-corrected chi connectivity index (χ4v) is 1.50. The number of hydrogen-bond donors (Lipinski definition) is 1. The molecule has 0 aliphatic carbocycles. The minimum atomic E-state index is -0.518. The SMILES string of the molecule is CCCNC(=O)CN(C(C)=O)c1ccccc1F. The van der Waals surface area contributed by atoms with Crippen molar-refractivity contribution in [3.05, 3.63) is 30.1 Å². The standard InChI is InChI=1S/C13H17FN2O2/c1-3-8-15-13(18)9-16(10(2)17)12-7-5-4-6-11(12)14/h4-7H,3,8-9H2,1-2H3,(H,15,18). The van der Waals surface area contributed by atoms with Crippen LogP contribution in [0.15, 0.2) is 24.3 Å². The molecule has 4 nitrogen and oxygen atoms in total. The molecular formula is C13H17FN2O2. The van der Waals surface area contributed by atoms with Crippen LogP contribution >= 0.6 is 0 Å². The van der Waals surface area contributed by atoms with Crippen molar-refractivity contribution in [1.82, 2.24) is 5.32 Å². The lowest BCUT2D eigenvalue weighted by Gasteiger charge is -2.21. The van der Waals surface area contributed by atoms with Crippen LogP contribution in [-0.4, -0.2) is 24.9 Å². The first-order valence-corrected chi connectivity index (χ1v) is 5.85. The Balaban J connectivity index is 2.81. The largest absolute Gasteiger partial charge is 0.355 e. The fraction of sp³-hybridized carbons (Fsp3) is 0.385. The fourth-order valence-electron chi connectivity index (χ4n) is 1.50. The lowest BCUT2D eigenvalue weighted by Crippen LogP contribution is -2.40. The first-order valence-electron chi connectivity index (χ1n) is 5.85. The van der Waals surface area contributed by atoms with E-state index in [4.69, 9.17) is 0 Å². The lowest BCUT2D eigenvalue weighted by molar-refractivity contribution is -0.123. The van der Waals surface area contributed by atoms with Crippen LogP contribution in [0, 0.1) is 5.82 Å². The molecule has 5 heteroatoms. The molecule has 0 radical (unpaired) electrons. The van der Waals surface area contributed by atoms with E-state index < -0.39 is 5.82 Å². The molecule has 0 heterocycles. The van der Waals surface area contributed by atoms with Crippen LogP contribution in [0.25, 0.3) is 0 Å². The van der Waals surface area contributed by atoms with E-state index in [1.807, 2.05) is 6.92 Å². The molecule has 0 aliphatic heterocycles. The van der Waals surface area contributed by atoms with Crippen molar-refractivity contribution in [1.29, 1.82) is 0 Å². The van der Waals surface area contributed by atoms with Gasteiger partial charge in [0.1, 0.15) is 12.4 Å². The molecule has 2 amide bonds. The first kappa shape index (κ1) is 14.2. The van der Waals surface area contributed by atoms with Crippen molar-refractivity contribution in [2.45, 2.75) is 20.3 Å². The quantitative estimate of drug-likeness (QED) is 0.867. The predicted octanol–water partition coefficient (Wildman–Crippen LogP) is 1.70. The molecule has 0 aromatic heterocycles. The lowest BCUT2D eigenvalue weighted by atomic mass is 10.2. The molecule has 0 spiro atoms. The maximum Gasteiger partial charge on any atom is 0.240 e. The van der Waals surface area contributed by atoms with Crippen LogP contribution in [0.3, 0.4) is 0 Å². The van der Waals surface area contributed by atoms with Gasteiger partial charge in [-0.15, -0.1) is 0 Å². The number of halogens is 1. The minimum absolute atomic E-state index is 0.122. The molecule has 0 aliphatic rings. The van der Waals surface area contributed by atoms with E-state index in [0.29, 0.717) is 6.54 Å². The van der Waals surface area contributed by atoms with E-state index in [1.165, 1.54) is 25.1 Å². The third-order valence-corrected chi connectivity index (χ3v) is 2.40. The second-order valence-electron chi connectivity index (χ2n) is 3.91. The topological polar surface area (TPSA) is 49.4 Å². The summed E-state index contributed by atoms with van der Waals surface area (Å²) in [5.41, 5.74) is 0.122. The Hall–Kier alpha value is -1.91. The summed E-state index contributed by atoms with van der Waals surface area (Å²) in [7, 11) is 0. The number of benzene rings is 1. The molecule has 0 atom stereocenters. The molecule has 0 saturated carbocycles. The Morgan fingerprint density at radius 1 is 1.33 bits per heavy atom. The zero-order valence-electron chi connectivity index (χ0n) is 10.6. The van der Waals surface area contributed by atoms with E-state index in [-0.39, 0.29) is 24.0 Å². The average Bonchev–Trinajstić information content (AvgIpc) is 2.34. The number of hydrogen-bond acceptors (Lipinski definition) is 2. The van der Waals surface area contributed by atoms with Gasteiger partial charge in [0.15, 0.2) is 0 Å². The van der Waals surface area contributed by atoms with Crippen molar-refractivity contribution in [3.63, 3.8) is 0 Å². The first-order chi connectivity index (χ1) is 8.56. The van der Waals surface area contributed by atoms with Crippen molar-refractivity contribution in [3.8, 4) is 0 Å². The smallest absolute Gasteiger partial charge is 0.240 e. The summed E-state index contributed by atoms with van der Waals surface area (Å²) >= 11 is 0. The maximum atomic E-state index is 13.6. The molecule has 98 valence electrons. The summed E-state index contributed by atoms with van der Waals surface area (Å²) < 4.78 is 13.6. The number of carbonyl (C=O) groups is 2. The predicted molar refractivity (Wildman–Crippen MR) is 67.7 cm³/mol. The van der Waals surface area contributed by atoms with Gasteiger partial charge in [0.05, 0.1) is 5.69 Å². The number of amides is 2. The normalized spacial score (nSPS) is 9.94. The summed E-state index contributed by atoms with van der Waals surface area (Å²) in [6, 6.07) is 5.89. The molecule has 18 heavy (non-hydrogen) atoms. The maximum absolute atomic E-state index is 13.6. The van der Waals surface area contributed by atoms with Crippen LogP contribution < -0.4 is 10.2 Å².